The van der Waals surface area contributed by atoms with Crippen molar-refractivity contribution in [2.75, 3.05) is 25.0 Å². The molecule has 1 fully saturated rings. The predicted octanol–water partition coefficient (Wildman–Crippen LogP) is 2.14. The number of aromatic nitrogens is 1. The molecule has 92 valence electrons. The number of carbonyl (C=O) groups is 1. The van der Waals surface area contributed by atoms with Crippen LogP contribution in [0.5, 0.6) is 0 Å². The number of carbonyl (C=O) groups excluding carboxylic acids is 1. The zero-order valence-electron chi connectivity index (χ0n) is 10.3. The third-order valence-electron chi connectivity index (χ3n) is 3.01. The summed E-state index contributed by atoms with van der Waals surface area (Å²) in [4.78, 5) is 18.2. The lowest BCUT2D eigenvalue weighted by Crippen LogP contribution is -2.36. The van der Waals surface area contributed by atoms with E-state index in [1.165, 1.54) is 6.42 Å². The van der Waals surface area contributed by atoms with Gasteiger partial charge in [0.05, 0.1) is 11.9 Å². The molecule has 2 rings (SSSR count). The van der Waals surface area contributed by atoms with E-state index in [4.69, 9.17) is 0 Å². The van der Waals surface area contributed by atoms with Crippen LogP contribution in [0.2, 0.25) is 0 Å². The Bertz CT molecular complexity index is 369. The number of nitrogens with one attached hydrogen (secondary N) is 1. The maximum absolute atomic E-state index is 12.1. The smallest absolute Gasteiger partial charge is 0.272 e. The first-order valence-corrected chi connectivity index (χ1v) is 6.30. The number of amides is 1. The van der Waals surface area contributed by atoms with Gasteiger partial charge in [-0.3, -0.25) is 4.79 Å². The third kappa shape index (κ3) is 2.96. The molecule has 0 spiro atoms. The van der Waals surface area contributed by atoms with Crippen molar-refractivity contribution in [3.63, 3.8) is 0 Å². The number of piperidine rings is 1. The maximum atomic E-state index is 12.1. The van der Waals surface area contributed by atoms with Crippen molar-refractivity contribution < 1.29 is 4.79 Å². The Morgan fingerprint density at radius 3 is 2.71 bits per heavy atom. The Morgan fingerprint density at radius 1 is 1.35 bits per heavy atom. The lowest BCUT2D eigenvalue weighted by atomic mass is 10.1. The quantitative estimate of drug-likeness (QED) is 0.870. The molecular weight excluding hydrogens is 214 g/mol. The van der Waals surface area contributed by atoms with Crippen LogP contribution in [0.15, 0.2) is 18.3 Å². The SMILES string of the molecule is CCNc1ccc(C(=O)N2CCCCC2)nc1. The van der Waals surface area contributed by atoms with E-state index in [2.05, 4.69) is 10.3 Å². The van der Waals surface area contributed by atoms with Crippen LogP contribution < -0.4 is 5.32 Å². The van der Waals surface area contributed by atoms with Gasteiger partial charge in [0.1, 0.15) is 5.69 Å². The highest BCUT2D eigenvalue weighted by Gasteiger charge is 2.18. The molecule has 0 radical (unpaired) electrons. The zero-order valence-corrected chi connectivity index (χ0v) is 10.3. The van der Waals surface area contributed by atoms with Gasteiger partial charge in [-0.15, -0.1) is 0 Å². The van der Waals surface area contributed by atoms with E-state index in [0.29, 0.717) is 5.69 Å². The van der Waals surface area contributed by atoms with Crippen LogP contribution in [0.4, 0.5) is 5.69 Å². The minimum atomic E-state index is 0.0627. The number of pyridine rings is 1. The van der Waals surface area contributed by atoms with Crippen molar-refractivity contribution in [3.8, 4) is 0 Å². The first kappa shape index (κ1) is 11.9. The van der Waals surface area contributed by atoms with E-state index in [1.807, 2.05) is 17.9 Å². The van der Waals surface area contributed by atoms with Crippen molar-refractivity contribution in [3.05, 3.63) is 24.0 Å². The largest absolute Gasteiger partial charge is 0.384 e. The molecule has 0 unspecified atom stereocenters. The highest BCUT2D eigenvalue weighted by atomic mass is 16.2. The van der Waals surface area contributed by atoms with Gasteiger partial charge >= 0.3 is 0 Å². The Labute approximate surface area is 102 Å². The molecule has 0 bridgehead atoms. The lowest BCUT2D eigenvalue weighted by Gasteiger charge is -2.26. The highest BCUT2D eigenvalue weighted by Crippen LogP contribution is 2.13. The molecule has 0 saturated carbocycles. The van der Waals surface area contributed by atoms with Crippen molar-refractivity contribution in [1.82, 2.24) is 9.88 Å². The second-order valence-corrected chi connectivity index (χ2v) is 4.32. The second kappa shape index (κ2) is 5.66. The summed E-state index contributed by atoms with van der Waals surface area (Å²) >= 11 is 0. The number of hydrogen-bond donors (Lipinski definition) is 1. The van der Waals surface area contributed by atoms with Gasteiger partial charge in [0.2, 0.25) is 0 Å². The predicted molar refractivity (Wildman–Crippen MR) is 68.2 cm³/mol. The number of hydrogen-bond acceptors (Lipinski definition) is 3. The standard InChI is InChI=1S/C13H19N3O/c1-2-14-11-6-7-12(15-10-11)13(17)16-8-4-3-5-9-16/h6-7,10,14H,2-5,8-9H2,1H3. The summed E-state index contributed by atoms with van der Waals surface area (Å²) in [6.07, 6.45) is 5.18. The van der Waals surface area contributed by atoms with Crippen LogP contribution in [0.3, 0.4) is 0 Å². The number of anilines is 1. The molecule has 1 aromatic rings. The van der Waals surface area contributed by atoms with Crippen LogP contribution in [0.1, 0.15) is 36.7 Å². The summed E-state index contributed by atoms with van der Waals surface area (Å²) in [5, 5.41) is 3.17. The fourth-order valence-corrected chi connectivity index (χ4v) is 2.09. The van der Waals surface area contributed by atoms with Gasteiger partial charge in [-0.2, -0.15) is 0 Å². The summed E-state index contributed by atoms with van der Waals surface area (Å²) in [5.74, 6) is 0.0627. The first-order valence-electron chi connectivity index (χ1n) is 6.30. The Kier molecular flexibility index (Phi) is 3.96. The molecule has 0 aliphatic carbocycles. The average Bonchev–Trinajstić information content (AvgIpc) is 2.40. The van der Waals surface area contributed by atoms with Crippen LogP contribution in [0, 0.1) is 0 Å². The number of rotatable bonds is 3. The van der Waals surface area contributed by atoms with Crippen molar-refractivity contribution in [1.29, 1.82) is 0 Å². The van der Waals surface area contributed by atoms with E-state index in [-0.39, 0.29) is 5.91 Å². The van der Waals surface area contributed by atoms with Crippen LogP contribution in [0.25, 0.3) is 0 Å². The molecule has 17 heavy (non-hydrogen) atoms. The summed E-state index contributed by atoms with van der Waals surface area (Å²) in [6.45, 7) is 4.64. The lowest BCUT2D eigenvalue weighted by molar-refractivity contribution is 0.0718. The summed E-state index contributed by atoms with van der Waals surface area (Å²) in [6, 6.07) is 3.71. The van der Waals surface area contributed by atoms with Crippen molar-refractivity contribution >= 4 is 11.6 Å². The van der Waals surface area contributed by atoms with Crippen molar-refractivity contribution in [2.24, 2.45) is 0 Å². The number of nitrogens with zero attached hydrogens (tertiary/aromatic N) is 2. The zero-order chi connectivity index (χ0) is 12.1. The van der Waals surface area contributed by atoms with E-state index in [1.54, 1.807) is 12.3 Å². The van der Waals surface area contributed by atoms with E-state index < -0.39 is 0 Å². The third-order valence-corrected chi connectivity index (χ3v) is 3.01. The van der Waals surface area contributed by atoms with Gasteiger partial charge in [-0.05, 0) is 38.3 Å². The summed E-state index contributed by atoms with van der Waals surface area (Å²) in [5.41, 5.74) is 1.51. The molecule has 4 nitrogen and oxygen atoms in total. The van der Waals surface area contributed by atoms with Gasteiger partial charge in [-0.25, -0.2) is 4.98 Å². The van der Waals surface area contributed by atoms with Crippen LogP contribution in [-0.2, 0) is 0 Å². The normalized spacial score (nSPS) is 15.7. The summed E-state index contributed by atoms with van der Waals surface area (Å²) in [7, 11) is 0. The van der Waals surface area contributed by atoms with Crippen LogP contribution >= 0.6 is 0 Å². The molecule has 4 heteroatoms. The Balaban J connectivity index is 2.03. The molecule has 1 aromatic heterocycles. The Hall–Kier alpha value is -1.58. The van der Waals surface area contributed by atoms with E-state index in [9.17, 15) is 4.79 Å². The highest BCUT2D eigenvalue weighted by molar-refractivity contribution is 5.92. The van der Waals surface area contributed by atoms with Crippen molar-refractivity contribution in [2.45, 2.75) is 26.2 Å². The fraction of sp³-hybridized carbons (Fsp3) is 0.538. The van der Waals surface area contributed by atoms with Crippen LogP contribution in [-0.4, -0.2) is 35.4 Å². The van der Waals surface area contributed by atoms with E-state index >= 15 is 0 Å². The monoisotopic (exact) mass is 233 g/mol. The topological polar surface area (TPSA) is 45.2 Å². The molecule has 1 amide bonds. The average molecular weight is 233 g/mol. The second-order valence-electron chi connectivity index (χ2n) is 4.32. The van der Waals surface area contributed by atoms with Gasteiger partial charge in [0.15, 0.2) is 0 Å². The first-order chi connectivity index (χ1) is 8.31. The molecule has 1 aliphatic heterocycles. The van der Waals surface area contributed by atoms with Gasteiger partial charge in [-0.1, -0.05) is 0 Å². The number of likely N-dealkylation sites (tertiary alicyclic amines) is 1. The molecule has 1 saturated heterocycles. The molecule has 1 N–H and O–H groups in total. The molecule has 1 aliphatic rings. The molecular formula is C13H19N3O. The molecule has 2 heterocycles. The van der Waals surface area contributed by atoms with Gasteiger partial charge < -0.3 is 10.2 Å². The van der Waals surface area contributed by atoms with Gasteiger partial charge in [0, 0.05) is 19.6 Å². The maximum Gasteiger partial charge on any atom is 0.272 e. The minimum absolute atomic E-state index is 0.0627. The molecule has 0 atom stereocenters. The van der Waals surface area contributed by atoms with Gasteiger partial charge in [0.25, 0.3) is 5.91 Å². The fourth-order valence-electron chi connectivity index (χ4n) is 2.09. The Morgan fingerprint density at radius 2 is 2.12 bits per heavy atom. The minimum Gasteiger partial charge on any atom is -0.384 e. The molecule has 0 aromatic carbocycles. The summed E-state index contributed by atoms with van der Waals surface area (Å²) < 4.78 is 0. The van der Waals surface area contributed by atoms with E-state index in [0.717, 1.165) is 38.2 Å².